The Bertz CT molecular complexity index is 753. The maximum Gasteiger partial charge on any atom is 0.261 e. The number of rotatable bonds is 9. The van der Waals surface area contributed by atoms with E-state index in [1.165, 1.54) is 49.0 Å². The van der Waals surface area contributed by atoms with Gasteiger partial charge in [0.05, 0.1) is 11.5 Å². The fraction of sp³-hybridized carbons (Fsp3) is 0.522. The minimum atomic E-state index is 0.00541. The number of amides is 1. The van der Waals surface area contributed by atoms with Crippen LogP contribution in [0.2, 0.25) is 0 Å². The van der Waals surface area contributed by atoms with E-state index in [1.54, 1.807) is 0 Å². The van der Waals surface area contributed by atoms with Crippen molar-refractivity contribution in [2.24, 2.45) is 0 Å². The number of hydrogen-bond acceptors (Lipinski definition) is 4. The summed E-state index contributed by atoms with van der Waals surface area (Å²) in [7, 11) is 2.24. The fourth-order valence-electron chi connectivity index (χ4n) is 3.78. The van der Waals surface area contributed by atoms with Gasteiger partial charge >= 0.3 is 0 Å². The van der Waals surface area contributed by atoms with Crippen molar-refractivity contribution < 1.29 is 9.53 Å². The first-order valence-corrected chi connectivity index (χ1v) is 11.2. The van der Waals surface area contributed by atoms with E-state index in [1.807, 2.05) is 25.1 Å². The van der Waals surface area contributed by atoms with Crippen LogP contribution in [-0.2, 0) is 6.54 Å². The quantitative estimate of drug-likeness (QED) is 0.601. The van der Waals surface area contributed by atoms with Gasteiger partial charge in [-0.3, -0.25) is 9.69 Å². The Morgan fingerprint density at radius 1 is 1.21 bits per heavy atom. The molecule has 0 saturated heterocycles. The molecule has 1 aliphatic rings. The van der Waals surface area contributed by atoms with Crippen molar-refractivity contribution in [3.63, 3.8) is 0 Å². The van der Waals surface area contributed by atoms with Crippen molar-refractivity contribution in [1.82, 2.24) is 10.2 Å². The SMILES string of the molecule is Cc1ccc(C(=O)NCCCOc2cccc(CN(C)C3CCCCC3)c2)s1. The Morgan fingerprint density at radius 3 is 2.79 bits per heavy atom. The molecule has 0 radical (unpaired) electrons. The zero-order valence-corrected chi connectivity index (χ0v) is 17.9. The molecule has 0 unspecified atom stereocenters. The second-order valence-electron chi connectivity index (χ2n) is 7.72. The molecule has 1 aromatic heterocycles. The maximum absolute atomic E-state index is 12.0. The lowest BCUT2D eigenvalue weighted by Crippen LogP contribution is -2.32. The second kappa shape index (κ2) is 10.6. The van der Waals surface area contributed by atoms with E-state index in [4.69, 9.17) is 4.74 Å². The normalized spacial score (nSPS) is 15.0. The summed E-state index contributed by atoms with van der Waals surface area (Å²) in [5, 5.41) is 2.96. The zero-order chi connectivity index (χ0) is 19.8. The van der Waals surface area contributed by atoms with Crippen LogP contribution in [0.3, 0.4) is 0 Å². The molecule has 0 aliphatic heterocycles. The highest BCUT2D eigenvalue weighted by atomic mass is 32.1. The highest BCUT2D eigenvalue weighted by Gasteiger charge is 2.18. The summed E-state index contributed by atoms with van der Waals surface area (Å²) in [5.74, 6) is 0.917. The van der Waals surface area contributed by atoms with Crippen molar-refractivity contribution in [1.29, 1.82) is 0 Å². The van der Waals surface area contributed by atoms with Gasteiger partial charge in [-0.25, -0.2) is 0 Å². The van der Waals surface area contributed by atoms with E-state index in [9.17, 15) is 4.79 Å². The third kappa shape index (κ3) is 6.35. The Labute approximate surface area is 172 Å². The van der Waals surface area contributed by atoms with Gasteiger partial charge in [0, 0.05) is 24.0 Å². The first-order valence-electron chi connectivity index (χ1n) is 10.4. The predicted molar refractivity (Wildman–Crippen MR) is 116 cm³/mol. The third-order valence-electron chi connectivity index (χ3n) is 5.37. The molecule has 1 amide bonds. The van der Waals surface area contributed by atoms with Gasteiger partial charge in [0.25, 0.3) is 5.91 Å². The molecule has 3 rings (SSSR count). The Hall–Kier alpha value is -1.85. The molecular weight excluding hydrogens is 368 g/mol. The lowest BCUT2D eigenvalue weighted by molar-refractivity contribution is 0.0955. The number of thiophene rings is 1. The van der Waals surface area contributed by atoms with Gasteiger partial charge in [-0.05, 0) is 63.1 Å². The van der Waals surface area contributed by atoms with E-state index in [0.29, 0.717) is 19.2 Å². The van der Waals surface area contributed by atoms with Gasteiger partial charge in [0.1, 0.15) is 5.75 Å². The van der Waals surface area contributed by atoms with E-state index in [-0.39, 0.29) is 5.91 Å². The highest BCUT2D eigenvalue weighted by Crippen LogP contribution is 2.23. The van der Waals surface area contributed by atoms with Gasteiger partial charge in [0.2, 0.25) is 0 Å². The summed E-state index contributed by atoms with van der Waals surface area (Å²) >= 11 is 1.53. The number of benzene rings is 1. The Morgan fingerprint density at radius 2 is 2.04 bits per heavy atom. The standard InChI is InChI=1S/C23H32N2O2S/c1-18-12-13-22(28-18)23(26)24-14-7-15-27-21-11-6-8-19(16-21)17-25(2)20-9-4-3-5-10-20/h6,8,11-13,16,20H,3-5,7,9-10,14-15,17H2,1-2H3,(H,24,26). The number of hydrogen-bond donors (Lipinski definition) is 1. The molecule has 5 heteroatoms. The van der Waals surface area contributed by atoms with Crippen LogP contribution >= 0.6 is 11.3 Å². The summed E-state index contributed by atoms with van der Waals surface area (Å²) in [4.78, 5) is 16.4. The van der Waals surface area contributed by atoms with Crippen LogP contribution in [0.5, 0.6) is 5.75 Å². The smallest absolute Gasteiger partial charge is 0.261 e. The summed E-state index contributed by atoms with van der Waals surface area (Å²) in [5.41, 5.74) is 1.30. The Balaban J connectivity index is 1.37. The molecule has 152 valence electrons. The minimum absolute atomic E-state index is 0.00541. The van der Waals surface area contributed by atoms with Crippen molar-refractivity contribution in [2.45, 2.75) is 58.0 Å². The van der Waals surface area contributed by atoms with Gasteiger partial charge < -0.3 is 10.1 Å². The summed E-state index contributed by atoms with van der Waals surface area (Å²) in [6, 6.07) is 13.0. The number of nitrogens with zero attached hydrogens (tertiary/aromatic N) is 1. The van der Waals surface area contributed by atoms with E-state index < -0.39 is 0 Å². The average Bonchev–Trinajstić information content (AvgIpc) is 3.15. The van der Waals surface area contributed by atoms with Gasteiger partial charge in [-0.15, -0.1) is 11.3 Å². The molecule has 1 aromatic carbocycles. The number of aryl methyl sites for hydroxylation is 1. The zero-order valence-electron chi connectivity index (χ0n) is 17.1. The number of nitrogens with one attached hydrogen (secondary N) is 1. The first kappa shape index (κ1) is 20.9. The summed E-state index contributed by atoms with van der Waals surface area (Å²) in [6.07, 6.45) is 7.55. The summed E-state index contributed by atoms with van der Waals surface area (Å²) in [6.45, 7) is 4.21. The summed E-state index contributed by atoms with van der Waals surface area (Å²) < 4.78 is 5.90. The van der Waals surface area contributed by atoms with Crippen molar-refractivity contribution in [2.75, 3.05) is 20.2 Å². The second-order valence-corrected chi connectivity index (χ2v) is 9.01. The number of carbonyl (C=O) groups is 1. The minimum Gasteiger partial charge on any atom is -0.494 e. The average molecular weight is 401 g/mol. The monoisotopic (exact) mass is 400 g/mol. The van der Waals surface area contributed by atoms with E-state index in [0.717, 1.165) is 28.5 Å². The van der Waals surface area contributed by atoms with Crippen LogP contribution in [0.15, 0.2) is 36.4 Å². The molecule has 1 saturated carbocycles. The maximum atomic E-state index is 12.0. The first-order chi connectivity index (χ1) is 13.6. The largest absolute Gasteiger partial charge is 0.494 e. The van der Waals surface area contributed by atoms with Crippen LogP contribution < -0.4 is 10.1 Å². The molecular formula is C23H32N2O2S. The molecule has 28 heavy (non-hydrogen) atoms. The highest BCUT2D eigenvalue weighted by molar-refractivity contribution is 7.13. The van der Waals surface area contributed by atoms with Gasteiger partial charge in [0.15, 0.2) is 0 Å². The van der Waals surface area contributed by atoms with Crippen LogP contribution in [0.4, 0.5) is 0 Å². The van der Waals surface area contributed by atoms with Crippen molar-refractivity contribution in [3.05, 3.63) is 51.7 Å². The topological polar surface area (TPSA) is 41.6 Å². The number of ether oxygens (including phenoxy) is 1. The third-order valence-corrected chi connectivity index (χ3v) is 6.37. The van der Waals surface area contributed by atoms with Crippen LogP contribution in [0.1, 0.15) is 58.6 Å². The predicted octanol–water partition coefficient (Wildman–Crippen LogP) is 5.02. The van der Waals surface area contributed by atoms with E-state index >= 15 is 0 Å². The fourth-order valence-corrected chi connectivity index (χ4v) is 4.56. The van der Waals surface area contributed by atoms with Gasteiger partial charge in [-0.2, -0.15) is 0 Å². The van der Waals surface area contributed by atoms with Crippen LogP contribution in [-0.4, -0.2) is 37.0 Å². The molecule has 2 aromatic rings. The molecule has 1 N–H and O–H groups in total. The molecule has 4 nitrogen and oxygen atoms in total. The van der Waals surface area contributed by atoms with Gasteiger partial charge in [-0.1, -0.05) is 31.4 Å². The molecule has 1 fully saturated rings. The van der Waals surface area contributed by atoms with Crippen molar-refractivity contribution >= 4 is 17.2 Å². The lowest BCUT2D eigenvalue weighted by Gasteiger charge is -2.31. The lowest BCUT2D eigenvalue weighted by atomic mass is 9.94. The Kier molecular flexibility index (Phi) is 7.92. The molecule has 0 spiro atoms. The van der Waals surface area contributed by atoms with Crippen LogP contribution in [0.25, 0.3) is 0 Å². The number of carbonyl (C=O) groups excluding carboxylic acids is 1. The molecule has 0 atom stereocenters. The van der Waals surface area contributed by atoms with Crippen LogP contribution in [0, 0.1) is 6.92 Å². The molecule has 1 heterocycles. The molecule has 0 bridgehead atoms. The molecule has 1 aliphatic carbocycles. The van der Waals surface area contributed by atoms with E-state index in [2.05, 4.69) is 35.5 Å². The van der Waals surface area contributed by atoms with Crippen molar-refractivity contribution in [3.8, 4) is 5.75 Å².